The van der Waals surface area contributed by atoms with Gasteiger partial charge in [0.05, 0.1) is 0 Å². The lowest BCUT2D eigenvalue weighted by Crippen LogP contribution is -2.16. The standard InChI is InChI=1S/C4H10IO3P/c5-3-1-2-4-9(6,7)8/h1-4H2,(H2,6,7,8)/p-2. The van der Waals surface area contributed by atoms with Crippen LogP contribution in [0.1, 0.15) is 12.8 Å². The minimum Gasteiger partial charge on any atom is -0.811 e. The van der Waals surface area contributed by atoms with Crippen molar-refractivity contribution in [2.75, 3.05) is 10.6 Å². The predicted octanol–water partition coefficient (Wildman–Crippen LogP) is 0.115. The molecule has 9 heavy (non-hydrogen) atoms. The maximum Gasteiger partial charge on any atom is -0.000460 e. The predicted molar refractivity (Wildman–Crippen MR) is 40.6 cm³/mol. The molecular weight excluding hydrogens is 254 g/mol. The molecule has 0 amide bonds. The van der Waals surface area contributed by atoms with Crippen LogP contribution in [0.3, 0.4) is 0 Å². The molecule has 5 heteroatoms. The van der Waals surface area contributed by atoms with E-state index in [0.717, 1.165) is 10.8 Å². The Labute approximate surface area is 68.1 Å². The van der Waals surface area contributed by atoms with Crippen LogP contribution in [-0.4, -0.2) is 10.6 Å². The fourth-order valence-electron chi connectivity index (χ4n) is 0.400. The van der Waals surface area contributed by atoms with E-state index in [1.165, 1.54) is 0 Å². The van der Waals surface area contributed by atoms with Crippen LogP contribution in [0.5, 0.6) is 0 Å². The summed E-state index contributed by atoms with van der Waals surface area (Å²) in [5, 5.41) is 0. The lowest BCUT2D eigenvalue weighted by atomic mass is 10.4. The largest absolute Gasteiger partial charge is 0.811 e. The highest BCUT2D eigenvalue weighted by Crippen LogP contribution is 2.24. The van der Waals surface area contributed by atoms with Gasteiger partial charge in [-0.15, -0.1) is 0 Å². The van der Waals surface area contributed by atoms with Gasteiger partial charge in [-0.1, -0.05) is 30.2 Å². The molecular formula is C4H8IO3P-2. The Morgan fingerprint density at radius 3 is 2.22 bits per heavy atom. The van der Waals surface area contributed by atoms with E-state index in [9.17, 15) is 14.4 Å². The fourth-order valence-corrected chi connectivity index (χ4v) is 1.55. The number of unbranched alkanes of at least 4 members (excludes halogenated alkanes) is 1. The smallest absolute Gasteiger partial charge is 0.000460 e. The van der Waals surface area contributed by atoms with Gasteiger partial charge in [0.25, 0.3) is 0 Å². The van der Waals surface area contributed by atoms with Crippen LogP contribution in [-0.2, 0) is 4.57 Å². The minimum atomic E-state index is -4.20. The molecule has 0 bridgehead atoms. The molecule has 0 aliphatic heterocycles. The molecule has 0 aromatic heterocycles. The topological polar surface area (TPSA) is 63.2 Å². The number of halogens is 1. The van der Waals surface area contributed by atoms with Crippen LogP contribution in [0, 0.1) is 0 Å². The molecule has 0 rings (SSSR count). The van der Waals surface area contributed by atoms with Gasteiger partial charge in [0.2, 0.25) is 0 Å². The van der Waals surface area contributed by atoms with Crippen LogP contribution >= 0.6 is 30.2 Å². The second-order valence-corrected chi connectivity index (χ2v) is 4.48. The Morgan fingerprint density at radius 2 is 1.89 bits per heavy atom. The molecule has 0 fully saturated rings. The number of hydrogen-bond acceptors (Lipinski definition) is 3. The molecule has 0 aromatic carbocycles. The average Bonchev–Trinajstić information content (AvgIpc) is 1.63. The van der Waals surface area contributed by atoms with E-state index in [4.69, 9.17) is 0 Å². The first-order chi connectivity index (χ1) is 4.06. The number of hydrogen-bond donors (Lipinski definition) is 0. The van der Waals surface area contributed by atoms with Crippen molar-refractivity contribution in [1.29, 1.82) is 0 Å². The second kappa shape index (κ2) is 4.66. The van der Waals surface area contributed by atoms with Gasteiger partial charge in [0.1, 0.15) is 0 Å². The first-order valence-corrected chi connectivity index (χ1v) is 5.88. The van der Waals surface area contributed by atoms with Crippen molar-refractivity contribution < 1.29 is 14.4 Å². The Hall–Kier alpha value is 0.880. The van der Waals surface area contributed by atoms with Crippen molar-refractivity contribution in [3.63, 3.8) is 0 Å². The Morgan fingerprint density at radius 1 is 1.33 bits per heavy atom. The molecule has 0 saturated heterocycles. The first-order valence-electron chi connectivity index (χ1n) is 2.63. The summed E-state index contributed by atoms with van der Waals surface area (Å²) in [6, 6.07) is 0. The van der Waals surface area contributed by atoms with E-state index in [0.29, 0.717) is 6.42 Å². The number of rotatable bonds is 4. The first kappa shape index (κ1) is 9.88. The maximum atomic E-state index is 9.98. The Balaban J connectivity index is 3.18. The molecule has 3 nitrogen and oxygen atoms in total. The van der Waals surface area contributed by atoms with E-state index >= 15 is 0 Å². The molecule has 0 aliphatic rings. The van der Waals surface area contributed by atoms with Gasteiger partial charge >= 0.3 is 0 Å². The summed E-state index contributed by atoms with van der Waals surface area (Å²) in [6.07, 6.45) is 1.14. The molecule has 0 atom stereocenters. The lowest BCUT2D eigenvalue weighted by molar-refractivity contribution is -0.313. The summed E-state index contributed by atoms with van der Waals surface area (Å²) in [5.41, 5.74) is 0. The maximum absolute atomic E-state index is 9.98. The summed E-state index contributed by atoms with van der Waals surface area (Å²) in [5.74, 6) is 0. The van der Waals surface area contributed by atoms with Gasteiger partial charge in [-0.25, -0.2) is 0 Å². The molecule has 0 aliphatic carbocycles. The third kappa shape index (κ3) is 8.88. The quantitative estimate of drug-likeness (QED) is 0.313. The zero-order valence-corrected chi connectivity index (χ0v) is 7.93. The van der Waals surface area contributed by atoms with Gasteiger partial charge in [-0.05, 0) is 23.4 Å². The van der Waals surface area contributed by atoms with E-state index in [1.807, 2.05) is 0 Å². The van der Waals surface area contributed by atoms with Crippen LogP contribution in [0.4, 0.5) is 0 Å². The molecule has 0 heterocycles. The highest BCUT2D eigenvalue weighted by Gasteiger charge is 1.89. The van der Waals surface area contributed by atoms with Gasteiger partial charge in [0.15, 0.2) is 0 Å². The number of alkyl halides is 1. The average molecular weight is 262 g/mol. The summed E-state index contributed by atoms with van der Waals surface area (Å²) >= 11 is 2.15. The summed E-state index contributed by atoms with van der Waals surface area (Å²) in [4.78, 5) is 20.0. The molecule has 0 unspecified atom stereocenters. The van der Waals surface area contributed by atoms with Crippen LogP contribution in [0.2, 0.25) is 0 Å². The van der Waals surface area contributed by atoms with Crippen LogP contribution < -0.4 is 9.79 Å². The fraction of sp³-hybridized carbons (Fsp3) is 1.00. The summed E-state index contributed by atoms with van der Waals surface area (Å²) < 4.78 is 10.9. The second-order valence-electron chi connectivity index (χ2n) is 1.73. The minimum absolute atomic E-state index is 0.185. The third-order valence-electron chi connectivity index (χ3n) is 0.816. The van der Waals surface area contributed by atoms with Crippen molar-refractivity contribution in [3.8, 4) is 0 Å². The third-order valence-corrected chi connectivity index (χ3v) is 2.44. The van der Waals surface area contributed by atoms with E-state index in [-0.39, 0.29) is 6.16 Å². The van der Waals surface area contributed by atoms with Gasteiger partial charge < -0.3 is 14.4 Å². The summed E-state index contributed by atoms with van der Waals surface area (Å²) in [6.45, 7) is 0. The highest BCUT2D eigenvalue weighted by molar-refractivity contribution is 14.1. The van der Waals surface area contributed by atoms with Crippen molar-refractivity contribution >= 4 is 30.2 Å². The summed E-state index contributed by atoms with van der Waals surface area (Å²) in [7, 11) is -4.20. The van der Waals surface area contributed by atoms with Crippen LogP contribution in [0.15, 0.2) is 0 Å². The molecule has 0 saturated carbocycles. The normalized spacial score (nSPS) is 11.9. The van der Waals surface area contributed by atoms with Gasteiger partial charge in [-0.2, -0.15) is 0 Å². The Bertz CT molecular complexity index is 110. The van der Waals surface area contributed by atoms with Crippen molar-refractivity contribution in [1.82, 2.24) is 0 Å². The van der Waals surface area contributed by atoms with Gasteiger partial charge in [-0.3, -0.25) is 0 Å². The van der Waals surface area contributed by atoms with Gasteiger partial charge in [0, 0.05) is 0 Å². The monoisotopic (exact) mass is 262 g/mol. The van der Waals surface area contributed by atoms with Crippen molar-refractivity contribution in [2.24, 2.45) is 0 Å². The molecule has 0 aromatic rings. The molecule has 0 N–H and O–H groups in total. The zero-order valence-electron chi connectivity index (χ0n) is 4.88. The Kier molecular flexibility index (Phi) is 5.11. The van der Waals surface area contributed by atoms with E-state index < -0.39 is 7.60 Å². The molecule has 0 radical (unpaired) electrons. The van der Waals surface area contributed by atoms with Crippen molar-refractivity contribution in [2.45, 2.75) is 12.8 Å². The zero-order chi connectivity index (χ0) is 7.33. The van der Waals surface area contributed by atoms with E-state index in [1.54, 1.807) is 0 Å². The van der Waals surface area contributed by atoms with E-state index in [2.05, 4.69) is 22.6 Å². The highest BCUT2D eigenvalue weighted by atomic mass is 127. The lowest BCUT2D eigenvalue weighted by Gasteiger charge is -2.28. The molecule has 0 spiro atoms. The van der Waals surface area contributed by atoms with Crippen molar-refractivity contribution in [3.05, 3.63) is 0 Å². The van der Waals surface area contributed by atoms with Crippen LogP contribution in [0.25, 0.3) is 0 Å². The SMILES string of the molecule is O=P([O-])([O-])CCCCI. The molecule has 56 valence electrons.